The molecule has 0 spiro atoms. The van der Waals surface area contributed by atoms with E-state index in [0.29, 0.717) is 0 Å². The Labute approximate surface area is 131 Å². The SMILES string of the molecule is COc1ccccc1NC(C)=[NH+]c1ccccc1OC.[Cl-]. The second kappa shape index (κ2) is 8.17. The Hall–Kier alpha value is -2.20. The van der Waals surface area contributed by atoms with Crippen LogP contribution >= 0.6 is 0 Å². The van der Waals surface area contributed by atoms with E-state index in [2.05, 4.69) is 10.3 Å². The number of para-hydroxylation sites is 4. The summed E-state index contributed by atoms with van der Waals surface area (Å²) in [6, 6.07) is 15.6. The van der Waals surface area contributed by atoms with Gasteiger partial charge in [0.1, 0.15) is 0 Å². The van der Waals surface area contributed by atoms with Crippen molar-refractivity contribution in [1.82, 2.24) is 0 Å². The van der Waals surface area contributed by atoms with Crippen LogP contribution in [-0.2, 0) is 0 Å². The summed E-state index contributed by atoms with van der Waals surface area (Å²) in [7, 11) is 3.31. The van der Waals surface area contributed by atoms with E-state index in [9.17, 15) is 0 Å². The molecule has 0 aliphatic rings. The van der Waals surface area contributed by atoms with Crippen molar-refractivity contribution in [2.45, 2.75) is 6.92 Å². The molecule has 0 saturated heterocycles. The molecule has 0 heterocycles. The molecular formula is C16H19ClN2O2. The molecule has 0 aliphatic heterocycles. The van der Waals surface area contributed by atoms with Crippen LogP contribution in [0.3, 0.4) is 0 Å². The summed E-state index contributed by atoms with van der Waals surface area (Å²) in [5.74, 6) is 2.49. The number of halogens is 1. The standard InChI is InChI=1S/C16H18N2O2.ClH/c1-12(17-13-8-4-6-10-15(13)19-2)18-14-9-5-7-11-16(14)20-3;/h4-11H,1-3H3,(H,17,18);1H. The molecule has 0 bridgehead atoms. The quantitative estimate of drug-likeness (QED) is 0.560. The molecule has 2 aromatic rings. The van der Waals surface area contributed by atoms with Crippen molar-refractivity contribution in [3.8, 4) is 11.5 Å². The predicted molar refractivity (Wildman–Crippen MR) is 80.9 cm³/mol. The Morgan fingerprint density at radius 3 is 2.14 bits per heavy atom. The van der Waals surface area contributed by atoms with Gasteiger partial charge in [-0.1, -0.05) is 24.3 Å². The van der Waals surface area contributed by atoms with Crippen molar-refractivity contribution in [1.29, 1.82) is 0 Å². The molecule has 0 aromatic heterocycles. The van der Waals surface area contributed by atoms with Crippen LogP contribution in [0.25, 0.3) is 0 Å². The van der Waals surface area contributed by atoms with Gasteiger partial charge in [-0.2, -0.15) is 0 Å². The number of rotatable bonds is 4. The zero-order valence-corrected chi connectivity index (χ0v) is 13.1. The normalized spacial score (nSPS) is 10.5. The Balaban J connectivity index is 0.00000220. The van der Waals surface area contributed by atoms with E-state index in [1.54, 1.807) is 14.2 Å². The number of ether oxygens (including phenoxy) is 2. The van der Waals surface area contributed by atoms with E-state index in [1.165, 1.54) is 0 Å². The summed E-state index contributed by atoms with van der Waals surface area (Å²) in [4.78, 5) is 3.29. The topological polar surface area (TPSA) is 44.5 Å². The first-order valence-electron chi connectivity index (χ1n) is 6.38. The molecule has 2 aromatic carbocycles. The van der Waals surface area contributed by atoms with Gasteiger partial charge in [-0.25, -0.2) is 10.3 Å². The highest BCUT2D eigenvalue weighted by Crippen LogP contribution is 2.22. The molecule has 2 rings (SSSR count). The smallest absolute Gasteiger partial charge is 0.249 e. The van der Waals surface area contributed by atoms with Crippen LogP contribution in [0, 0.1) is 0 Å². The lowest BCUT2D eigenvalue weighted by Gasteiger charge is -2.06. The van der Waals surface area contributed by atoms with Gasteiger partial charge in [-0.05, 0) is 24.3 Å². The first-order chi connectivity index (χ1) is 9.74. The van der Waals surface area contributed by atoms with Crippen LogP contribution in [0.5, 0.6) is 11.5 Å². The van der Waals surface area contributed by atoms with Gasteiger partial charge in [0.05, 0.1) is 14.2 Å². The minimum atomic E-state index is 0. The number of anilines is 1. The van der Waals surface area contributed by atoms with Gasteiger partial charge in [-0.3, -0.25) is 0 Å². The van der Waals surface area contributed by atoms with Crippen LogP contribution in [0.1, 0.15) is 6.92 Å². The van der Waals surface area contributed by atoms with Crippen LogP contribution in [0.4, 0.5) is 11.4 Å². The Morgan fingerprint density at radius 1 is 0.905 bits per heavy atom. The minimum absolute atomic E-state index is 0. The molecule has 0 amide bonds. The van der Waals surface area contributed by atoms with Gasteiger partial charge in [-0.15, -0.1) is 0 Å². The summed E-state index contributed by atoms with van der Waals surface area (Å²) in [6.07, 6.45) is 0. The average Bonchev–Trinajstić information content (AvgIpc) is 2.48. The molecule has 2 N–H and O–H groups in total. The fourth-order valence-corrected chi connectivity index (χ4v) is 1.93. The summed E-state index contributed by atoms with van der Waals surface area (Å²) in [6.45, 7) is 1.96. The summed E-state index contributed by atoms with van der Waals surface area (Å²) < 4.78 is 10.6. The monoisotopic (exact) mass is 306 g/mol. The lowest BCUT2D eigenvalue weighted by atomic mass is 10.3. The second-order valence-corrected chi connectivity index (χ2v) is 4.28. The number of benzene rings is 2. The molecule has 0 fully saturated rings. The zero-order valence-electron chi connectivity index (χ0n) is 12.3. The first-order valence-corrected chi connectivity index (χ1v) is 6.38. The van der Waals surface area contributed by atoms with Gasteiger partial charge in [0.2, 0.25) is 5.84 Å². The predicted octanol–water partition coefficient (Wildman–Crippen LogP) is -1.05. The highest BCUT2D eigenvalue weighted by Gasteiger charge is 2.09. The number of methoxy groups -OCH3 is 2. The van der Waals surface area contributed by atoms with E-state index >= 15 is 0 Å². The van der Waals surface area contributed by atoms with Crippen molar-refractivity contribution >= 4 is 17.2 Å². The molecule has 21 heavy (non-hydrogen) atoms. The van der Waals surface area contributed by atoms with E-state index in [4.69, 9.17) is 9.47 Å². The Bertz CT molecular complexity index is 615. The van der Waals surface area contributed by atoms with Crippen molar-refractivity contribution in [3.05, 3.63) is 48.5 Å². The van der Waals surface area contributed by atoms with Gasteiger partial charge < -0.3 is 21.9 Å². The third-order valence-electron chi connectivity index (χ3n) is 2.86. The number of amidine groups is 1. The summed E-state index contributed by atoms with van der Waals surface area (Å²) >= 11 is 0. The second-order valence-electron chi connectivity index (χ2n) is 4.28. The van der Waals surface area contributed by atoms with E-state index in [1.807, 2.05) is 55.5 Å². The maximum atomic E-state index is 5.31. The average molecular weight is 307 g/mol. The fourth-order valence-electron chi connectivity index (χ4n) is 1.93. The van der Waals surface area contributed by atoms with Crippen LogP contribution in [-0.4, -0.2) is 20.1 Å². The molecule has 0 saturated carbocycles. The number of hydrogen-bond donors (Lipinski definition) is 2. The summed E-state index contributed by atoms with van der Waals surface area (Å²) in [5, 5.41) is 3.29. The van der Waals surface area contributed by atoms with Crippen molar-refractivity contribution in [2.24, 2.45) is 0 Å². The van der Waals surface area contributed by atoms with Crippen LogP contribution < -0.4 is 32.2 Å². The zero-order chi connectivity index (χ0) is 14.4. The fraction of sp³-hybridized carbons (Fsp3) is 0.188. The maximum absolute atomic E-state index is 5.31. The van der Waals surface area contributed by atoms with Crippen molar-refractivity contribution < 1.29 is 26.9 Å². The van der Waals surface area contributed by atoms with E-state index in [0.717, 1.165) is 28.7 Å². The lowest BCUT2D eigenvalue weighted by molar-refractivity contribution is -0.355. The largest absolute Gasteiger partial charge is 1.00 e. The Kier molecular flexibility index (Phi) is 6.56. The highest BCUT2D eigenvalue weighted by atomic mass is 35.5. The first kappa shape index (κ1) is 16.9. The molecule has 5 heteroatoms. The molecule has 0 radical (unpaired) electrons. The summed E-state index contributed by atoms with van der Waals surface area (Å²) in [5.41, 5.74) is 1.82. The third-order valence-corrected chi connectivity index (χ3v) is 2.86. The molecule has 0 aliphatic carbocycles. The van der Waals surface area contributed by atoms with E-state index in [-0.39, 0.29) is 12.4 Å². The van der Waals surface area contributed by atoms with Gasteiger partial charge in [0.15, 0.2) is 22.9 Å². The lowest BCUT2D eigenvalue weighted by Crippen LogP contribution is -3.00. The molecular weight excluding hydrogens is 288 g/mol. The number of nitrogens with one attached hydrogen (secondary N) is 2. The highest BCUT2D eigenvalue weighted by molar-refractivity contribution is 5.91. The molecule has 0 atom stereocenters. The maximum Gasteiger partial charge on any atom is 0.249 e. The van der Waals surface area contributed by atoms with Gasteiger partial charge >= 0.3 is 0 Å². The van der Waals surface area contributed by atoms with Gasteiger partial charge in [0.25, 0.3) is 0 Å². The van der Waals surface area contributed by atoms with Gasteiger partial charge in [0, 0.05) is 6.92 Å². The van der Waals surface area contributed by atoms with Crippen molar-refractivity contribution in [2.75, 3.05) is 19.5 Å². The third kappa shape index (κ3) is 4.39. The Morgan fingerprint density at radius 2 is 1.48 bits per heavy atom. The van der Waals surface area contributed by atoms with E-state index < -0.39 is 0 Å². The minimum Gasteiger partial charge on any atom is -1.00 e. The number of hydrogen-bond acceptors (Lipinski definition) is 2. The van der Waals surface area contributed by atoms with Crippen molar-refractivity contribution in [3.63, 3.8) is 0 Å². The molecule has 4 nitrogen and oxygen atoms in total. The molecule has 112 valence electrons. The van der Waals surface area contributed by atoms with Crippen LogP contribution in [0.15, 0.2) is 48.5 Å². The van der Waals surface area contributed by atoms with Crippen LogP contribution in [0.2, 0.25) is 0 Å². The molecule has 0 unspecified atom stereocenters.